The first-order valence-electron chi connectivity index (χ1n) is 11.6. The molecule has 35 heavy (non-hydrogen) atoms. The molecule has 0 heterocycles. The smallest absolute Gasteiger partial charge is 0.260 e. The second kappa shape index (κ2) is 12.3. The summed E-state index contributed by atoms with van der Waals surface area (Å²) >= 11 is 0. The summed E-state index contributed by atoms with van der Waals surface area (Å²) < 4.78 is 31.0. The molecular formula is C25H32N4O5S. The lowest BCUT2D eigenvalue weighted by molar-refractivity contribution is -0.124. The van der Waals surface area contributed by atoms with E-state index in [0.717, 1.165) is 41.8 Å². The van der Waals surface area contributed by atoms with Crippen LogP contribution in [0.25, 0.3) is 0 Å². The molecule has 9 nitrogen and oxygen atoms in total. The lowest BCUT2D eigenvalue weighted by Gasteiger charge is -2.23. The van der Waals surface area contributed by atoms with Gasteiger partial charge in [-0.15, -0.1) is 0 Å². The standard InChI is InChI=1S/C25H32N4O5S/c1-19-8-6-7-11-23(19)29(35(2,32)33)17-24(30)28-26-16-20-12-14-22(15-13-20)34-18-25(31)27-21-9-4-3-5-10-21/h6-8,11-16,21H,3-5,9-10,17-18H2,1-2H3,(H,27,31)(H,28,30)/b26-16-. The van der Waals surface area contributed by atoms with Crippen molar-refractivity contribution >= 4 is 33.7 Å². The molecule has 188 valence electrons. The first-order valence-corrected chi connectivity index (χ1v) is 13.4. The van der Waals surface area contributed by atoms with E-state index in [4.69, 9.17) is 4.74 Å². The topological polar surface area (TPSA) is 117 Å². The second-order valence-electron chi connectivity index (χ2n) is 8.61. The van der Waals surface area contributed by atoms with Gasteiger partial charge in [-0.3, -0.25) is 13.9 Å². The number of sulfonamides is 1. The lowest BCUT2D eigenvalue weighted by Crippen LogP contribution is -2.39. The maximum absolute atomic E-state index is 12.3. The van der Waals surface area contributed by atoms with Crippen LogP contribution in [0.5, 0.6) is 5.75 Å². The number of nitrogens with zero attached hydrogens (tertiary/aromatic N) is 2. The molecule has 1 aliphatic carbocycles. The molecule has 0 aromatic heterocycles. The van der Waals surface area contributed by atoms with E-state index in [1.165, 1.54) is 12.6 Å². The average Bonchev–Trinajstić information content (AvgIpc) is 2.82. The number of anilines is 1. The zero-order valence-electron chi connectivity index (χ0n) is 20.1. The Kier molecular flexibility index (Phi) is 9.25. The summed E-state index contributed by atoms with van der Waals surface area (Å²) in [6.45, 7) is 1.34. The van der Waals surface area contributed by atoms with Crippen molar-refractivity contribution in [3.8, 4) is 5.75 Å². The first kappa shape index (κ1) is 26.2. The van der Waals surface area contributed by atoms with Crippen molar-refractivity contribution in [1.82, 2.24) is 10.7 Å². The van der Waals surface area contributed by atoms with Gasteiger partial charge in [0.25, 0.3) is 11.8 Å². The summed E-state index contributed by atoms with van der Waals surface area (Å²) in [6.07, 6.45) is 8.07. The van der Waals surface area contributed by atoms with Crippen molar-refractivity contribution < 1.29 is 22.7 Å². The summed E-state index contributed by atoms with van der Waals surface area (Å²) in [7, 11) is -3.66. The van der Waals surface area contributed by atoms with Gasteiger partial charge in [-0.25, -0.2) is 13.8 Å². The zero-order valence-corrected chi connectivity index (χ0v) is 20.9. The first-order chi connectivity index (χ1) is 16.7. The van der Waals surface area contributed by atoms with Crippen molar-refractivity contribution in [2.75, 3.05) is 23.7 Å². The number of para-hydroxylation sites is 1. The molecule has 0 aliphatic heterocycles. The summed E-state index contributed by atoms with van der Waals surface area (Å²) in [5.41, 5.74) is 4.23. The Hall–Kier alpha value is -3.40. The largest absolute Gasteiger partial charge is 0.484 e. The van der Waals surface area contributed by atoms with E-state index < -0.39 is 22.5 Å². The highest BCUT2D eigenvalue weighted by Crippen LogP contribution is 2.21. The van der Waals surface area contributed by atoms with Gasteiger partial charge < -0.3 is 10.1 Å². The predicted octanol–water partition coefficient (Wildman–Crippen LogP) is 2.74. The number of hydrogen-bond acceptors (Lipinski definition) is 6. The summed E-state index contributed by atoms with van der Waals surface area (Å²) in [5.74, 6) is -0.148. The molecule has 0 atom stereocenters. The van der Waals surface area contributed by atoms with Crippen LogP contribution in [0.15, 0.2) is 53.6 Å². The van der Waals surface area contributed by atoms with E-state index in [2.05, 4.69) is 15.8 Å². The van der Waals surface area contributed by atoms with Gasteiger partial charge in [0.05, 0.1) is 18.2 Å². The van der Waals surface area contributed by atoms with E-state index in [9.17, 15) is 18.0 Å². The molecule has 0 unspecified atom stereocenters. The Morgan fingerprint density at radius 3 is 2.40 bits per heavy atom. The zero-order chi connectivity index (χ0) is 25.3. The normalized spacial score (nSPS) is 14.5. The summed E-state index contributed by atoms with van der Waals surface area (Å²) in [6, 6.07) is 14.1. The van der Waals surface area contributed by atoms with Crippen LogP contribution in [0.2, 0.25) is 0 Å². The van der Waals surface area contributed by atoms with Gasteiger partial charge in [0.1, 0.15) is 12.3 Å². The van der Waals surface area contributed by atoms with Crippen LogP contribution in [0, 0.1) is 6.92 Å². The van der Waals surface area contributed by atoms with Gasteiger partial charge >= 0.3 is 0 Å². The van der Waals surface area contributed by atoms with Crippen molar-refractivity contribution in [3.63, 3.8) is 0 Å². The highest BCUT2D eigenvalue weighted by Gasteiger charge is 2.22. The van der Waals surface area contributed by atoms with Crippen molar-refractivity contribution in [3.05, 3.63) is 59.7 Å². The number of aryl methyl sites for hydroxylation is 1. The van der Waals surface area contributed by atoms with Crippen LogP contribution in [0.4, 0.5) is 5.69 Å². The van der Waals surface area contributed by atoms with Crippen molar-refractivity contribution in [2.45, 2.75) is 45.1 Å². The molecular weight excluding hydrogens is 468 g/mol. The summed E-state index contributed by atoms with van der Waals surface area (Å²) in [5, 5.41) is 6.92. The highest BCUT2D eigenvalue weighted by molar-refractivity contribution is 7.92. The molecule has 0 saturated heterocycles. The molecule has 2 amide bonds. The fraction of sp³-hybridized carbons (Fsp3) is 0.400. The molecule has 1 fully saturated rings. The molecule has 2 aromatic carbocycles. The molecule has 10 heteroatoms. The molecule has 2 aromatic rings. The number of hydrogen-bond donors (Lipinski definition) is 2. The van der Waals surface area contributed by atoms with E-state index in [0.29, 0.717) is 17.0 Å². The highest BCUT2D eigenvalue weighted by atomic mass is 32.2. The van der Waals surface area contributed by atoms with Gasteiger partial charge in [-0.05, 0) is 61.2 Å². The number of carbonyl (C=O) groups excluding carboxylic acids is 2. The van der Waals surface area contributed by atoms with Crippen LogP contribution in [0.1, 0.15) is 43.2 Å². The van der Waals surface area contributed by atoms with E-state index in [-0.39, 0.29) is 18.6 Å². The van der Waals surface area contributed by atoms with Gasteiger partial charge in [0, 0.05) is 6.04 Å². The minimum Gasteiger partial charge on any atom is -0.484 e. The van der Waals surface area contributed by atoms with Crippen LogP contribution >= 0.6 is 0 Å². The molecule has 0 spiro atoms. The average molecular weight is 501 g/mol. The van der Waals surface area contributed by atoms with Crippen LogP contribution in [-0.2, 0) is 19.6 Å². The van der Waals surface area contributed by atoms with Crippen molar-refractivity contribution in [1.29, 1.82) is 0 Å². The minimum absolute atomic E-state index is 0.0439. The Morgan fingerprint density at radius 2 is 1.74 bits per heavy atom. The second-order valence-corrected chi connectivity index (χ2v) is 10.5. The number of benzene rings is 2. The fourth-order valence-electron chi connectivity index (χ4n) is 3.88. The molecule has 3 rings (SSSR count). The van der Waals surface area contributed by atoms with Gasteiger partial charge in [-0.2, -0.15) is 5.10 Å². The third-order valence-electron chi connectivity index (χ3n) is 5.69. The Morgan fingerprint density at radius 1 is 1.06 bits per heavy atom. The number of ether oxygens (including phenoxy) is 1. The predicted molar refractivity (Wildman–Crippen MR) is 136 cm³/mol. The van der Waals surface area contributed by atoms with Crippen molar-refractivity contribution in [2.24, 2.45) is 5.10 Å². The number of nitrogens with one attached hydrogen (secondary N) is 2. The Labute approximate surface area is 206 Å². The van der Waals surface area contributed by atoms with Crippen LogP contribution < -0.4 is 19.8 Å². The monoisotopic (exact) mass is 500 g/mol. The summed E-state index contributed by atoms with van der Waals surface area (Å²) in [4.78, 5) is 24.4. The Balaban J connectivity index is 1.47. The van der Waals surface area contributed by atoms with Gasteiger partial charge in [0.2, 0.25) is 10.0 Å². The molecule has 0 radical (unpaired) electrons. The maximum Gasteiger partial charge on any atom is 0.260 e. The SMILES string of the molecule is Cc1ccccc1N(CC(=O)N/N=C\c1ccc(OCC(=O)NC2CCCCC2)cc1)S(C)(=O)=O. The lowest BCUT2D eigenvalue weighted by atomic mass is 9.95. The molecule has 0 bridgehead atoms. The van der Waals surface area contributed by atoms with E-state index in [1.807, 2.05) is 0 Å². The van der Waals surface area contributed by atoms with Crippen LogP contribution in [-0.4, -0.2) is 51.9 Å². The third kappa shape index (κ3) is 8.40. The van der Waals surface area contributed by atoms with Gasteiger partial charge in [-0.1, -0.05) is 37.5 Å². The maximum atomic E-state index is 12.3. The quantitative estimate of drug-likeness (QED) is 0.384. The molecule has 1 aliphatic rings. The molecule has 1 saturated carbocycles. The number of carbonyl (C=O) groups is 2. The number of hydrazone groups is 1. The van der Waals surface area contributed by atoms with E-state index >= 15 is 0 Å². The fourth-order valence-corrected chi connectivity index (χ4v) is 4.80. The minimum atomic E-state index is -3.66. The van der Waals surface area contributed by atoms with Crippen LogP contribution in [0.3, 0.4) is 0 Å². The Bertz CT molecular complexity index is 1140. The molecule has 2 N–H and O–H groups in total. The number of amides is 2. The van der Waals surface area contributed by atoms with E-state index in [1.54, 1.807) is 55.5 Å². The third-order valence-corrected chi connectivity index (χ3v) is 6.82. The van der Waals surface area contributed by atoms with Gasteiger partial charge in [0.15, 0.2) is 6.61 Å². The number of rotatable bonds is 10.